The molecule has 0 aliphatic heterocycles. The number of nitrogens with one attached hydrogen (secondary N) is 1. The third-order valence-electron chi connectivity index (χ3n) is 4.37. The van der Waals surface area contributed by atoms with Crippen LogP contribution in [-0.4, -0.2) is 6.04 Å². The first-order valence-electron chi connectivity index (χ1n) is 7.70. The lowest BCUT2D eigenvalue weighted by atomic mass is 10.0. The van der Waals surface area contributed by atoms with Crippen LogP contribution in [-0.2, 0) is 0 Å². The lowest BCUT2D eigenvalue weighted by Gasteiger charge is -2.24. The van der Waals surface area contributed by atoms with Crippen molar-refractivity contribution in [1.82, 2.24) is 5.32 Å². The van der Waals surface area contributed by atoms with Crippen LogP contribution in [0, 0.1) is 11.7 Å². The van der Waals surface area contributed by atoms with Crippen LogP contribution in [0.25, 0.3) is 0 Å². The molecule has 2 heteroatoms. The zero-order valence-corrected chi connectivity index (χ0v) is 12.2. The minimum atomic E-state index is -0.151. The normalized spacial score (nSPS) is 25.8. The highest BCUT2D eigenvalue weighted by Gasteiger charge is 2.19. The largest absolute Gasteiger partial charge is 0.307 e. The molecule has 1 aliphatic carbocycles. The van der Waals surface area contributed by atoms with Gasteiger partial charge in [-0.1, -0.05) is 38.8 Å². The van der Waals surface area contributed by atoms with E-state index in [4.69, 9.17) is 0 Å². The van der Waals surface area contributed by atoms with Crippen LogP contribution in [0.15, 0.2) is 24.3 Å². The fourth-order valence-corrected chi connectivity index (χ4v) is 3.08. The van der Waals surface area contributed by atoms with E-state index in [0.29, 0.717) is 12.1 Å². The Kier molecular flexibility index (Phi) is 5.38. The molecule has 0 aromatic heterocycles. The number of benzene rings is 1. The van der Waals surface area contributed by atoms with Crippen LogP contribution in [0.5, 0.6) is 0 Å². The molecule has 1 aliphatic rings. The Bertz CT molecular complexity index is 373. The summed E-state index contributed by atoms with van der Waals surface area (Å²) in [5, 5.41) is 3.78. The summed E-state index contributed by atoms with van der Waals surface area (Å²) in [5.41, 5.74) is 1.21. The molecule has 0 heterocycles. The van der Waals surface area contributed by atoms with Crippen LogP contribution in [0.3, 0.4) is 0 Å². The van der Waals surface area contributed by atoms with Gasteiger partial charge in [-0.05, 0) is 49.3 Å². The molecule has 3 unspecified atom stereocenters. The van der Waals surface area contributed by atoms with Gasteiger partial charge in [-0.2, -0.15) is 0 Å². The van der Waals surface area contributed by atoms with Crippen LogP contribution in [0.1, 0.15) is 64.0 Å². The number of rotatable bonds is 4. The van der Waals surface area contributed by atoms with E-state index in [1.165, 1.54) is 37.7 Å². The fourth-order valence-electron chi connectivity index (χ4n) is 3.08. The Morgan fingerprint density at radius 3 is 2.58 bits per heavy atom. The van der Waals surface area contributed by atoms with Crippen molar-refractivity contribution in [2.45, 2.75) is 64.5 Å². The molecule has 1 aromatic rings. The Morgan fingerprint density at radius 1 is 1.16 bits per heavy atom. The topological polar surface area (TPSA) is 12.0 Å². The maximum atomic E-state index is 13.0. The van der Waals surface area contributed by atoms with Crippen LogP contribution in [0.2, 0.25) is 0 Å². The average molecular weight is 263 g/mol. The SMILES string of the molecule is CCC(NC1CCCC(C)CC1)c1ccc(F)cc1. The van der Waals surface area contributed by atoms with Gasteiger partial charge in [-0.15, -0.1) is 0 Å². The Hall–Kier alpha value is -0.890. The van der Waals surface area contributed by atoms with Crippen molar-refractivity contribution >= 4 is 0 Å². The predicted molar refractivity (Wildman–Crippen MR) is 78.6 cm³/mol. The second-order valence-corrected chi connectivity index (χ2v) is 5.99. The lowest BCUT2D eigenvalue weighted by Crippen LogP contribution is -2.32. The maximum Gasteiger partial charge on any atom is 0.123 e. The highest BCUT2D eigenvalue weighted by molar-refractivity contribution is 5.20. The van der Waals surface area contributed by atoms with Gasteiger partial charge in [0.1, 0.15) is 5.82 Å². The summed E-state index contributed by atoms with van der Waals surface area (Å²) in [4.78, 5) is 0. The summed E-state index contributed by atoms with van der Waals surface area (Å²) in [7, 11) is 0. The van der Waals surface area contributed by atoms with Gasteiger partial charge >= 0.3 is 0 Å². The van der Waals surface area contributed by atoms with E-state index >= 15 is 0 Å². The van der Waals surface area contributed by atoms with Gasteiger partial charge in [0.05, 0.1) is 0 Å². The third-order valence-corrected chi connectivity index (χ3v) is 4.37. The van der Waals surface area contributed by atoms with E-state index < -0.39 is 0 Å². The van der Waals surface area contributed by atoms with E-state index in [1.807, 2.05) is 12.1 Å². The molecule has 19 heavy (non-hydrogen) atoms. The maximum absolute atomic E-state index is 13.0. The first kappa shape index (κ1) is 14.5. The van der Waals surface area contributed by atoms with Crippen LogP contribution in [0.4, 0.5) is 4.39 Å². The molecular formula is C17H26FN. The van der Waals surface area contributed by atoms with Gasteiger partial charge in [0.2, 0.25) is 0 Å². The quantitative estimate of drug-likeness (QED) is 0.767. The van der Waals surface area contributed by atoms with E-state index in [9.17, 15) is 4.39 Å². The second kappa shape index (κ2) is 7.04. The van der Waals surface area contributed by atoms with Crippen LogP contribution < -0.4 is 5.32 Å². The molecule has 2 rings (SSSR count). The van der Waals surface area contributed by atoms with Gasteiger partial charge in [0.15, 0.2) is 0 Å². The third kappa shape index (κ3) is 4.31. The van der Waals surface area contributed by atoms with Gasteiger partial charge in [0.25, 0.3) is 0 Å². The van der Waals surface area contributed by atoms with Crippen LogP contribution >= 0.6 is 0 Å². The molecule has 1 nitrogen and oxygen atoms in total. The summed E-state index contributed by atoms with van der Waals surface area (Å²) < 4.78 is 13.0. The zero-order valence-electron chi connectivity index (χ0n) is 12.2. The molecule has 1 fully saturated rings. The molecule has 106 valence electrons. The Balaban J connectivity index is 1.96. The average Bonchev–Trinajstić information content (AvgIpc) is 2.62. The van der Waals surface area contributed by atoms with Crippen molar-refractivity contribution in [1.29, 1.82) is 0 Å². The van der Waals surface area contributed by atoms with Gasteiger partial charge in [-0.3, -0.25) is 0 Å². The van der Waals surface area contributed by atoms with E-state index in [1.54, 1.807) is 12.1 Å². The minimum absolute atomic E-state index is 0.151. The van der Waals surface area contributed by atoms with Crippen molar-refractivity contribution in [2.75, 3.05) is 0 Å². The molecule has 0 radical (unpaired) electrons. The van der Waals surface area contributed by atoms with E-state index in [0.717, 1.165) is 12.3 Å². The Labute approximate surface area is 116 Å². The molecule has 3 atom stereocenters. The molecule has 1 aromatic carbocycles. The summed E-state index contributed by atoms with van der Waals surface area (Å²) in [6.07, 6.45) is 7.64. The number of hydrogen-bond donors (Lipinski definition) is 1. The van der Waals surface area contributed by atoms with E-state index in [2.05, 4.69) is 19.2 Å². The lowest BCUT2D eigenvalue weighted by molar-refractivity contribution is 0.387. The van der Waals surface area contributed by atoms with Gasteiger partial charge < -0.3 is 5.32 Å². The van der Waals surface area contributed by atoms with Crippen molar-refractivity contribution in [3.63, 3.8) is 0 Å². The van der Waals surface area contributed by atoms with Crippen molar-refractivity contribution in [2.24, 2.45) is 5.92 Å². The molecule has 0 saturated heterocycles. The molecule has 0 amide bonds. The minimum Gasteiger partial charge on any atom is -0.307 e. The highest BCUT2D eigenvalue weighted by Crippen LogP contribution is 2.25. The number of hydrogen-bond acceptors (Lipinski definition) is 1. The van der Waals surface area contributed by atoms with Crippen molar-refractivity contribution < 1.29 is 4.39 Å². The van der Waals surface area contributed by atoms with Crippen molar-refractivity contribution in [3.8, 4) is 0 Å². The van der Waals surface area contributed by atoms with Crippen molar-refractivity contribution in [3.05, 3.63) is 35.6 Å². The fraction of sp³-hybridized carbons (Fsp3) is 0.647. The molecule has 0 bridgehead atoms. The second-order valence-electron chi connectivity index (χ2n) is 5.99. The Morgan fingerprint density at radius 2 is 1.89 bits per heavy atom. The molecular weight excluding hydrogens is 237 g/mol. The zero-order chi connectivity index (χ0) is 13.7. The smallest absolute Gasteiger partial charge is 0.123 e. The summed E-state index contributed by atoms with van der Waals surface area (Å²) in [5.74, 6) is 0.722. The summed E-state index contributed by atoms with van der Waals surface area (Å²) in [6.45, 7) is 4.56. The molecule has 1 N–H and O–H groups in total. The van der Waals surface area contributed by atoms with Gasteiger partial charge in [0, 0.05) is 12.1 Å². The molecule has 1 saturated carbocycles. The van der Waals surface area contributed by atoms with E-state index in [-0.39, 0.29) is 5.82 Å². The van der Waals surface area contributed by atoms with Gasteiger partial charge in [-0.25, -0.2) is 4.39 Å². The number of halogens is 1. The highest BCUT2D eigenvalue weighted by atomic mass is 19.1. The predicted octanol–water partition coefficient (Wildman–Crippen LogP) is 4.84. The monoisotopic (exact) mass is 263 g/mol. The first-order chi connectivity index (χ1) is 9.19. The summed E-state index contributed by atoms with van der Waals surface area (Å²) >= 11 is 0. The standard InChI is InChI=1S/C17H26FN/c1-3-17(14-8-10-15(18)11-9-14)19-16-6-4-5-13(2)7-12-16/h8-11,13,16-17,19H,3-7,12H2,1-2H3. The first-order valence-corrected chi connectivity index (χ1v) is 7.70. The molecule has 0 spiro atoms. The summed E-state index contributed by atoms with van der Waals surface area (Å²) in [6, 6.07) is 7.94.